The molecule has 2 N–H and O–H groups in total. The van der Waals surface area contributed by atoms with Gasteiger partial charge in [0.15, 0.2) is 0 Å². The van der Waals surface area contributed by atoms with Crippen molar-refractivity contribution in [3.63, 3.8) is 0 Å². The number of benzene rings is 1. The molecule has 0 saturated carbocycles. The summed E-state index contributed by atoms with van der Waals surface area (Å²) in [6, 6.07) is 8.56. The third kappa shape index (κ3) is 3.08. The topological polar surface area (TPSA) is 56.7 Å². The second kappa shape index (κ2) is 5.79. The van der Waals surface area contributed by atoms with E-state index in [1.54, 1.807) is 6.33 Å². The molecular weight excluding hydrogens is 339 g/mol. The van der Waals surface area contributed by atoms with Crippen LogP contribution < -0.4 is 5.73 Å². The van der Waals surface area contributed by atoms with E-state index < -0.39 is 0 Å². The van der Waals surface area contributed by atoms with Crippen molar-refractivity contribution >= 4 is 22.6 Å². The fourth-order valence-electron chi connectivity index (χ4n) is 1.88. The Bertz CT molecular complexity index is 504. The second-order valence-corrected chi connectivity index (χ2v) is 5.82. The average molecular weight is 356 g/mol. The summed E-state index contributed by atoms with van der Waals surface area (Å²) >= 11 is 2.29. The fraction of sp³-hybridized carbons (Fsp3) is 0.385. The summed E-state index contributed by atoms with van der Waals surface area (Å²) in [7, 11) is 0. The Morgan fingerprint density at radius 2 is 1.94 bits per heavy atom. The van der Waals surface area contributed by atoms with Crippen LogP contribution in [-0.4, -0.2) is 14.8 Å². The molecule has 2 aromatic rings. The Balaban J connectivity index is 2.13. The molecule has 18 heavy (non-hydrogen) atoms. The molecule has 2 rings (SSSR count). The molecule has 0 aliphatic rings. The lowest BCUT2D eigenvalue weighted by Crippen LogP contribution is -2.18. The number of nitrogens with two attached hydrogens (primary N) is 1. The molecular formula is C13H17IN4. The van der Waals surface area contributed by atoms with Crippen molar-refractivity contribution in [1.82, 2.24) is 14.8 Å². The van der Waals surface area contributed by atoms with Gasteiger partial charge in [-0.1, -0.05) is 12.1 Å². The van der Waals surface area contributed by atoms with Crippen LogP contribution in [-0.2, 0) is 6.42 Å². The molecule has 0 aliphatic heterocycles. The molecule has 0 aliphatic carbocycles. The lowest BCUT2D eigenvalue weighted by Gasteiger charge is -2.14. The molecule has 0 amide bonds. The molecule has 0 radical (unpaired) electrons. The summed E-state index contributed by atoms with van der Waals surface area (Å²) in [6.45, 7) is 4.18. The smallest absolute Gasteiger partial charge is 0.138 e. The minimum Gasteiger partial charge on any atom is -0.324 e. The molecule has 1 aromatic heterocycles. The molecule has 1 aromatic carbocycles. The Morgan fingerprint density at radius 1 is 1.28 bits per heavy atom. The van der Waals surface area contributed by atoms with E-state index in [1.807, 2.05) is 4.68 Å². The van der Waals surface area contributed by atoms with Crippen LogP contribution >= 0.6 is 22.6 Å². The maximum Gasteiger partial charge on any atom is 0.138 e. The van der Waals surface area contributed by atoms with Gasteiger partial charge in [0, 0.05) is 22.1 Å². The Morgan fingerprint density at radius 3 is 2.56 bits per heavy atom. The zero-order valence-corrected chi connectivity index (χ0v) is 12.7. The molecule has 4 nitrogen and oxygen atoms in total. The van der Waals surface area contributed by atoms with Crippen molar-refractivity contribution in [2.45, 2.75) is 32.4 Å². The monoisotopic (exact) mass is 356 g/mol. The molecule has 0 fully saturated rings. The number of nitrogens with zero attached hydrogens (tertiary/aromatic N) is 3. The number of hydrogen-bond acceptors (Lipinski definition) is 3. The van der Waals surface area contributed by atoms with E-state index in [2.05, 4.69) is 70.8 Å². The van der Waals surface area contributed by atoms with Gasteiger partial charge in [0.2, 0.25) is 0 Å². The Labute approximate surface area is 121 Å². The SMILES string of the molecule is CC(C)n1ncnc1CC(N)c1ccc(I)cc1. The van der Waals surface area contributed by atoms with Crippen LogP contribution in [0.1, 0.15) is 37.3 Å². The summed E-state index contributed by atoms with van der Waals surface area (Å²) in [4.78, 5) is 4.29. The van der Waals surface area contributed by atoms with Crippen molar-refractivity contribution in [2.24, 2.45) is 5.73 Å². The highest BCUT2D eigenvalue weighted by Crippen LogP contribution is 2.17. The molecule has 5 heteroatoms. The van der Waals surface area contributed by atoms with E-state index in [1.165, 1.54) is 3.57 Å². The minimum absolute atomic E-state index is 0.0382. The van der Waals surface area contributed by atoms with Gasteiger partial charge in [-0.25, -0.2) is 9.67 Å². The van der Waals surface area contributed by atoms with Gasteiger partial charge in [0.1, 0.15) is 12.2 Å². The quantitative estimate of drug-likeness (QED) is 0.857. The molecule has 1 heterocycles. The first-order valence-electron chi connectivity index (χ1n) is 5.97. The highest BCUT2D eigenvalue weighted by molar-refractivity contribution is 14.1. The van der Waals surface area contributed by atoms with Crippen molar-refractivity contribution in [1.29, 1.82) is 0 Å². The number of aromatic nitrogens is 3. The summed E-state index contributed by atoms with van der Waals surface area (Å²) in [5.41, 5.74) is 7.35. The van der Waals surface area contributed by atoms with Crippen molar-refractivity contribution in [3.05, 3.63) is 45.6 Å². The first-order chi connectivity index (χ1) is 8.58. The highest BCUT2D eigenvalue weighted by Gasteiger charge is 2.13. The predicted molar refractivity (Wildman–Crippen MR) is 80.2 cm³/mol. The minimum atomic E-state index is -0.0382. The molecule has 0 bridgehead atoms. The third-order valence-corrected chi connectivity index (χ3v) is 3.56. The van der Waals surface area contributed by atoms with Crippen molar-refractivity contribution in [3.8, 4) is 0 Å². The molecule has 1 atom stereocenters. The van der Waals surface area contributed by atoms with Gasteiger partial charge < -0.3 is 5.73 Å². The molecule has 1 unspecified atom stereocenters. The first kappa shape index (κ1) is 13.5. The van der Waals surface area contributed by atoms with Crippen LogP contribution in [0.15, 0.2) is 30.6 Å². The second-order valence-electron chi connectivity index (χ2n) is 4.58. The molecule has 96 valence electrons. The van der Waals surface area contributed by atoms with E-state index >= 15 is 0 Å². The van der Waals surface area contributed by atoms with E-state index in [0.717, 1.165) is 11.4 Å². The maximum absolute atomic E-state index is 6.22. The highest BCUT2D eigenvalue weighted by atomic mass is 127. The summed E-state index contributed by atoms with van der Waals surface area (Å²) < 4.78 is 3.14. The van der Waals surface area contributed by atoms with Gasteiger partial charge >= 0.3 is 0 Å². The molecule has 0 spiro atoms. The Kier molecular flexibility index (Phi) is 4.34. The predicted octanol–water partition coefficient (Wildman–Crippen LogP) is 2.71. The zero-order valence-electron chi connectivity index (χ0n) is 10.5. The van der Waals surface area contributed by atoms with E-state index in [4.69, 9.17) is 5.73 Å². The first-order valence-corrected chi connectivity index (χ1v) is 7.05. The number of halogens is 1. The zero-order chi connectivity index (χ0) is 13.1. The van der Waals surface area contributed by atoms with Crippen LogP contribution in [0.2, 0.25) is 0 Å². The van der Waals surface area contributed by atoms with Crippen LogP contribution in [0.3, 0.4) is 0 Å². The Hall–Kier alpha value is -0.950. The van der Waals surface area contributed by atoms with Crippen molar-refractivity contribution < 1.29 is 0 Å². The number of hydrogen-bond donors (Lipinski definition) is 1. The van der Waals surface area contributed by atoms with Crippen LogP contribution in [0.5, 0.6) is 0 Å². The van der Waals surface area contributed by atoms with Gasteiger partial charge in [0.25, 0.3) is 0 Å². The van der Waals surface area contributed by atoms with Crippen LogP contribution in [0.4, 0.5) is 0 Å². The third-order valence-electron chi connectivity index (χ3n) is 2.84. The summed E-state index contributed by atoms with van der Waals surface area (Å²) in [5, 5.41) is 4.23. The largest absolute Gasteiger partial charge is 0.324 e. The van der Waals surface area contributed by atoms with Gasteiger partial charge in [-0.3, -0.25) is 0 Å². The average Bonchev–Trinajstić information content (AvgIpc) is 2.78. The number of rotatable bonds is 4. The fourth-order valence-corrected chi connectivity index (χ4v) is 2.24. The maximum atomic E-state index is 6.22. The summed E-state index contributed by atoms with van der Waals surface area (Å²) in [5.74, 6) is 0.941. The van der Waals surface area contributed by atoms with Gasteiger partial charge in [-0.05, 0) is 54.1 Å². The lowest BCUT2D eigenvalue weighted by atomic mass is 10.0. The normalized spacial score (nSPS) is 12.9. The van der Waals surface area contributed by atoms with Gasteiger partial charge in [-0.15, -0.1) is 0 Å². The van der Waals surface area contributed by atoms with Crippen LogP contribution in [0.25, 0.3) is 0 Å². The molecule has 0 saturated heterocycles. The van der Waals surface area contributed by atoms with Gasteiger partial charge in [0.05, 0.1) is 0 Å². The van der Waals surface area contributed by atoms with Crippen LogP contribution in [0, 0.1) is 3.57 Å². The standard InChI is InChI=1S/C13H17IN4/c1-9(2)18-13(16-8-17-18)7-12(15)10-3-5-11(14)6-4-10/h3-6,8-9,12H,7,15H2,1-2H3. The van der Waals surface area contributed by atoms with E-state index in [9.17, 15) is 0 Å². The lowest BCUT2D eigenvalue weighted by molar-refractivity contribution is 0.493. The van der Waals surface area contributed by atoms with E-state index in [0.29, 0.717) is 12.5 Å². The van der Waals surface area contributed by atoms with E-state index in [-0.39, 0.29) is 6.04 Å². The van der Waals surface area contributed by atoms with Crippen molar-refractivity contribution in [2.75, 3.05) is 0 Å². The summed E-state index contributed by atoms with van der Waals surface area (Å²) in [6.07, 6.45) is 2.30. The van der Waals surface area contributed by atoms with Gasteiger partial charge in [-0.2, -0.15) is 5.10 Å².